The normalized spacial score (nSPS) is 33.1. The molecule has 22 heavy (non-hydrogen) atoms. The number of ether oxygens (including phenoxy) is 5. The van der Waals surface area contributed by atoms with Gasteiger partial charge in [-0.1, -0.05) is 0 Å². The van der Waals surface area contributed by atoms with E-state index in [0.717, 1.165) is 0 Å². The average Bonchev–Trinajstić information content (AvgIpc) is 2.39. The minimum atomic E-state index is -1.07. The minimum Gasteiger partial charge on any atom is -0.376 e. The lowest BCUT2D eigenvalue weighted by molar-refractivity contribution is -0.316. The van der Waals surface area contributed by atoms with E-state index in [0.29, 0.717) is 6.61 Å². The van der Waals surface area contributed by atoms with E-state index < -0.39 is 24.6 Å². The Morgan fingerprint density at radius 2 is 1.41 bits per heavy atom. The maximum atomic E-state index is 10.2. The van der Waals surface area contributed by atoms with E-state index in [9.17, 15) is 5.11 Å². The molecule has 1 aliphatic rings. The summed E-state index contributed by atoms with van der Waals surface area (Å²) in [5, 5.41) is 10.2. The maximum Gasteiger partial charge on any atom is 0.184 e. The summed E-state index contributed by atoms with van der Waals surface area (Å²) < 4.78 is 28.7. The third kappa shape index (κ3) is 5.76. The fourth-order valence-electron chi connectivity index (χ4n) is 2.52. The molecule has 132 valence electrons. The number of aliphatic hydroxyl groups is 1. The molecule has 1 heterocycles. The number of hydrogen-bond donors (Lipinski definition) is 1. The van der Waals surface area contributed by atoms with Gasteiger partial charge in [-0.3, -0.25) is 0 Å². The van der Waals surface area contributed by atoms with Crippen molar-refractivity contribution in [2.24, 2.45) is 0 Å². The molecule has 1 N–H and O–H groups in total. The summed E-state index contributed by atoms with van der Waals surface area (Å²) in [5.41, 5.74) is 0. The topological polar surface area (TPSA) is 66.4 Å². The summed E-state index contributed by atoms with van der Waals surface area (Å²) >= 11 is 0. The van der Waals surface area contributed by atoms with Crippen LogP contribution < -0.4 is 0 Å². The molecule has 0 spiro atoms. The first kappa shape index (κ1) is 19.8. The fourth-order valence-corrected chi connectivity index (χ4v) is 2.52. The molecule has 1 rings (SSSR count). The lowest BCUT2D eigenvalue weighted by atomic mass is 9.98. The van der Waals surface area contributed by atoms with Crippen LogP contribution in [-0.4, -0.2) is 67.8 Å². The second-order valence-electron chi connectivity index (χ2n) is 6.45. The highest BCUT2D eigenvalue weighted by Crippen LogP contribution is 2.28. The van der Waals surface area contributed by atoms with Crippen LogP contribution in [0.4, 0.5) is 0 Å². The SMILES string of the molecule is COC1[C@@H](OC(C)C)[C@H](OC(C)C)C(COC(C)C)O[C@@H]1O. The smallest absolute Gasteiger partial charge is 0.184 e. The third-order valence-electron chi connectivity index (χ3n) is 3.33. The van der Waals surface area contributed by atoms with Gasteiger partial charge in [-0.05, 0) is 41.5 Å². The lowest BCUT2D eigenvalue weighted by Crippen LogP contribution is -2.62. The largest absolute Gasteiger partial charge is 0.376 e. The Balaban J connectivity index is 2.94. The second-order valence-corrected chi connectivity index (χ2v) is 6.45. The highest BCUT2D eigenvalue weighted by molar-refractivity contribution is 4.92. The van der Waals surface area contributed by atoms with Crippen LogP contribution in [0.25, 0.3) is 0 Å². The summed E-state index contributed by atoms with van der Waals surface area (Å²) in [4.78, 5) is 0. The Hall–Kier alpha value is -0.240. The quantitative estimate of drug-likeness (QED) is 0.735. The molecule has 0 bridgehead atoms. The summed E-state index contributed by atoms with van der Waals surface area (Å²) in [6.45, 7) is 12.1. The standard InChI is InChI=1S/C16H32O6/c1-9(2)19-8-12-13(20-10(3)4)14(21-11(5)6)15(18-7)16(17)22-12/h9-17H,8H2,1-7H3/t12?,13-,14+,15?,16+/m1/s1. The molecule has 0 saturated carbocycles. The van der Waals surface area contributed by atoms with Crippen LogP contribution in [0.2, 0.25) is 0 Å². The predicted molar refractivity (Wildman–Crippen MR) is 82.8 cm³/mol. The molecule has 1 fully saturated rings. The van der Waals surface area contributed by atoms with Crippen molar-refractivity contribution < 1.29 is 28.8 Å². The van der Waals surface area contributed by atoms with Gasteiger partial charge in [0.2, 0.25) is 0 Å². The summed E-state index contributed by atoms with van der Waals surface area (Å²) in [7, 11) is 1.53. The monoisotopic (exact) mass is 320 g/mol. The molecule has 0 aromatic rings. The molecule has 6 heteroatoms. The zero-order valence-corrected chi connectivity index (χ0v) is 14.8. The molecule has 2 unspecified atom stereocenters. The van der Waals surface area contributed by atoms with Gasteiger partial charge in [0.1, 0.15) is 24.4 Å². The summed E-state index contributed by atoms with van der Waals surface area (Å²) in [6, 6.07) is 0. The molecule has 0 amide bonds. The van der Waals surface area contributed by atoms with Gasteiger partial charge in [-0.15, -0.1) is 0 Å². The van der Waals surface area contributed by atoms with E-state index >= 15 is 0 Å². The van der Waals surface area contributed by atoms with Crippen molar-refractivity contribution in [3.8, 4) is 0 Å². The fraction of sp³-hybridized carbons (Fsp3) is 1.00. The molecule has 1 aliphatic heterocycles. The number of rotatable bonds is 8. The van der Waals surface area contributed by atoms with Gasteiger partial charge in [0, 0.05) is 7.11 Å². The van der Waals surface area contributed by atoms with Gasteiger partial charge in [0.05, 0.1) is 24.9 Å². The Morgan fingerprint density at radius 3 is 1.86 bits per heavy atom. The van der Waals surface area contributed by atoms with Crippen LogP contribution in [-0.2, 0) is 23.7 Å². The average molecular weight is 320 g/mol. The van der Waals surface area contributed by atoms with Gasteiger partial charge in [-0.25, -0.2) is 0 Å². The van der Waals surface area contributed by atoms with Crippen molar-refractivity contribution in [1.82, 2.24) is 0 Å². The van der Waals surface area contributed by atoms with Crippen LogP contribution in [0.5, 0.6) is 0 Å². The molecule has 6 nitrogen and oxygen atoms in total. The lowest BCUT2D eigenvalue weighted by Gasteiger charge is -2.45. The van der Waals surface area contributed by atoms with E-state index in [4.69, 9.17) is 23.7 Å². The van der Waals surface area contributed by atoms with Crippen molar-refractivity contribution in [3.63, 3.8) is 0 Å². The summed E-state index contributed by atoms with van der Waals surface area (Å²) in [6.07, 6.45) is -2.80. The van der Waals surface area contributed by atoms with Crippen molar-refractivity contribution in [3.05, 3.63) is 0 Å². The minimum absolute atomic E-state index is 0.00108. The molecular formula is C16H32O6. The van der Waals surface area contributed by atoms with E-state index in [1.54, 1.807) is 0 Å². The van der Waals surface area contributed by atoms with Gasteiger partial charge < -0.3 is 28.8 Å². The molecule has 0 radical (unpaired) electrons. The second kappa shape index (κ2) is 9.15. The van der Waals surface area contributed by atoms with Crippen LogP contribution in [0, 0.1) is 0 Å². The number of methoxy groups -OCH3 is 1. The Labute approximate surface area is 134 Å². The van der Waals surface area contributed by atoms with Crippen molar-refractivity contribution in [2.75, 3.05) is 13.7 Å². The zero-order valence-electron chi connectivity index (χ0n) is 14.8. The van der Waals surface area contributed by atoms with E-state index in [1.165, 1.54) is 7.11 Å². The maximum absolute atomic E-state index is 10.2. The van der Waals surface area contributed by atoms with Crippen LogP contribution in [0.3, 0.4) is 0 Å². The van der Waals surface area contributed by atoms with Crippen LogP contribution >= 0.6 is 0 Å². The van der Waals surface area contributed by atoms with Gasteiger partial charge >= 0.3 is 0 Å². The highest BCUT2D eigenvalue weighted by Gasteiger charge is 2.48. The predicted octanol–water partition coefficient (Wildman–Crippen LogP) is 1.73. The van der Waals surface area contributed by atoms with E-state index in [1.807, 2.05) is 41.5 Å². The zero-order chi connectivity index (χ0) is 16.9. The molecule has 1 saturated heterocycles. The third-order valence-corrected chi connectivity index (χ3v) is 3.33. The molecule has 0 aromatic carbocycles. The summed E-state index contributed by atoms with van der Waals surface area (Å²) in [5.74, 6) is 0. The number of hydrogen-bond acceptors (Lipinski definition) is 6. The number of aliphatic hydroxyl groups excluding tert-OH is 1. The Kier molecular flexibility index (Phi) is 8.24. The first-order valence-corrected chi connectivity index (χ1v) is 8.05. The van der Waals surface area contributed by atoms with Crippen LogP contribution in [0.1, 0.15) is 41.5 Å². The van der Waals surface area contributed by atoms with Crippen molar-refractivity contribution >= 4 is 0 Å². The first-order valence-electron chi connectivity index (χ1n) is 8.05. The van der Waals surface area contributed by atoms with Crippen LogP contribution in [0.15, 0.2) is 0 Å². The Bertz CT molecular complexity index is 307. The van der Waals surface area contributed by atoms with Crippen molar-refractivity contribution in [1.29, 1.82) is 0 Å². The Morgan fingerprint density at radius 1 is 0.864 bits per heavy atom. The van der Waals surface area contributed by atoms with Gasteiger partial charge in [0.25, 0.3) is 0 Å². The van der Waals surface area contributed by atoms with E-state index in [-0.39, 0.29) is 24.4 Å². The molecule has 5 atom stereocenters. The molecule has 0 aromatic heterocycles. The van der Waals surface area contributed by atoms with Crippen molar-refractivity contribution in [2.45, 2.75) is 90.6 Å². The molecular weight excluding hydrogens is 288 g/mol. The van der Waals surface area contributed by atoms with E-state index in [2.05, 4.69) is 0 Å². The first-order chi connectivity index (χ1) is 10.3. The van der Waals surface area contributed by atoms with Gasteiger partial charge in [-0.2, -0.15) is 0 Å². The highest BCUT2D eigenvalue weighted by atomic mass is 16.7. The molecule has 0 aliphatic carbocycles. The van der Waals surface area contributed by atoms with Gasteiger partial charge in [0.15, 0.2) is 6.29 Å².